The maximum absolute atomic E-state index is 12.6. The number of rotatable bonds is 6. The van der Waals surface area contributed by atoms with Gasteiger partial charge in [0, 0.05) is 17.6 Å². The fourth-order valence-electron chi connectivity index (χ4n) is 2.10. The molecule has 1 rings (SSSR count). The van der Waals surface area contributed by atoms with Gasteiger partial charge in [-0.3, -0.25) is 4.79 Å². The van der Waals surface area contributed by atoms with Crippen LogP contribution in [0.3, 0.4) is 0 Å². The molecule has 1 atom stereocenters. The van der Waals surface area contributed by atoms with Gasteiger partial charge in [-0.2, -0.15) is 0 Å². The number of carbonyl (C=O) groups excluding carboxylic acids is 1. The number of halogens is 2. The highest BCUT2D eigenvalue weighted by atomic mass is 79.9. The third-order valence-electron chi connectivity index (χ3n) is 3.16. The Balaban J connectivity index is 0.00000361. The van der Waals surface area contributed by atoms with Crippen molar-refractivity contribution >= 4 is 34.2 Å². The zero-order valence-electron chi connectivity index (χ0n) is 12.4. The maximum Gasteiger partial charge on any atom is 0.246 e. The second kappa shape index (κ2) is 8.65. The summed E-state index contributed by atoms with van der Waals surface area (Å²) in [5.74, 6) is -0.00137. The molecular formula is C15H24BrClN2O. The summed E-state index contributed by atoms with van der Waals surface area (Å²) < 4.78 is 0.985. The molecule has 0 saturated heterocycles. The van der Waals surface area contributed by atoms with Gasteiger partial charge in [0.15, 0.2) is 0 Å². The lowest BCUT2D eigenvalue weighted by Crippen LogP contribution is -2.51. The molecule has 0 bridgehead atoms. The Bertz CT molecular complexity index is 414. The van der Waals surface area contributed by atoms with Gasteiger partial charge in [-0.15, -0.1) is 12.4 Å². The van der Waals surface area contributed by atoms with Crippen molar-refractivity contribution in [3.05, 3.63) is 34.3 Å². The van der Waals surface area contributed by atoms with E-state index in [2.05, 4.69) is 29.8 Å². The molecule has 0 aliphatic rings. The molecule has 0 spiro atoms. The lowest BCUT2D eigenvalue weighted by atomic mass is 9.91. The Morgan fingerprint density at radius 2 is 1.65 bits per heavy atom. The molecule has 0 aromatic heterocycles. The van der Waals surface area contributed by atoms with Crippen LogP contribution in [0.15, 0.2) is 28.7 Å². The number of amides is 1. The number of nitrogens with two attached hydrogens (primary N) is 1. The Labute approximate surface area is 136 Å². The number of carbonyl (C=O) groups is 1. The number of hydrogen-bond acceptors (Lipinski definition) is 2. The lowest BCUT2D eigenvalue weighted by Gasteiger charge is -2.32. The average Bonchev–Trinajstić information content (AvgIpc) is 2.38. The van der Waals surface area contributed by atoms with Gasteiger partial charge in [0.25, 0.3) is 0 Å². The predicted octanol–water partition coefficient (Wildman–Crippen LogP) is 3.69. The van der Waals surface area contributed by atoms with Crippen LogP contribution >= 0.6 is 28.3 Å². The van der Waals surface area contributed by atoms with Crippen molar-refractivity contribution in [2.75, 3.05) is 13.1 Å². The van der Waals surface area contributed by atoms with E-state index in [-0.39, 0.29) is 18.3 Å². The van der Waals surface area contributed by atoms with E-state index < -0.39 is 5.54 Å². The van der Waals surface area contributed by atoms with Gasteiger partial charge >= 0.3 is 0 Å². The summed E-state index contributed by atoms with van der Waals surface area (Å²) in [5.41, 5.74) is 6.16. The van der Waals surface area contributed by atoms with E-state index >= 15 is 0 Å². The number of hydrogen-bond donors (Lipinski definition) is 1. The van der Waals surface area contributed by atoms with Crippen molar-refractivity contribution in [1.29, 1.82) is 0 Å². The third kappa shape index (κ3) is 4.76. The summed E-state index contributed by atoms with van der Waals surface area (Å²) in [6, 6.07) is 7.63. The van der Waals surface area contributed by atoms with Crippen LogP contribution in [-0.2, 0) is 10.3 Å². The molecule has 5 heteroatoms. The van der Waals surface area contributed by atoms with E-state index in [0.717, 1.165) is 36.0 Å². The summed E-state index contributed by atoms with van der Waals surface area (Å²) in [4.78, 5) is 14.5. The standard InChI is InChI=1S/C15H23BrN2O.ClH/c1-4-10-18(11-5-2)14(19)15(3,17)12-6-8-13(16)9-7-12;/h6-9H,4-5,10-11,17H2,1-3H3;1H. The van der Waals surface area contributed by atoms with E-state index in [4.69, 9.17) is 5.73 Å². The van der Waals surface area contributed by atoms with Gasteiger partial charge in [-0.25, -0.2) is 0 Å². The van der Waals surface area contributed by atoms with Crippen LogP contribution in [0.2, 0.25) is 0 Å². The molecule has 1 aromatic rings. The summed E-state index contributed by atoms with van der Waals surface area (Å²) in [6.45, 7) is 7.45. The molecule has 0 saturated carbocycles. The van der Waals surface area contributed by atoms with Crippen LogP contribution in [-0.4, -0.2) is 23.9 Å². The Hall–Kier alpha value is -0.580. The van der Waals surface area contributed by atoms with E-state index in [1.54, 1.807) is 6.92 Å². The van der Waals surface area contributed by atoms with Crippen molar-refractivity contribution in [1.82, 2.24) is 4.90 Å². The van der Waals surface area contributed by atoms with Gasteiger partial charge in [-0.05, 0) is 37.5 Å². The van der Waals surface area contributed by atoms with E-state index in [1.807, 2.05) is 29.2 Å². The first kappa shape index (κ1) is 19.4. The molecule has 0 aliphatic heterocycles. The van der Waals surface area contributed by atoms with Crippen LogP contribution in [0.25, 0.3) is 0 Å². The highest BCUT2D eigenvalue weighted by Crippen LogP contribution is 2.23. The highest BCUT2D eigenvalue weighted by molar-refractivity contribution is 9.10. The Morgan fingerprint density at radius 1 is 1.20 bits per heavy atom. The first-order valence-corrected chi connectivity index (χ1v) is 7.57. The van der Waals surface area contributed by atoms with Crippen LogP contribution in [0.1, 0.15) is 39.2 Å². The summed E-state index contributed by atoms with van der Waals surface area (Å²) in [6.07, 6.45) is 1.89. The van der Waals surface area contributed by atoms with Crippen molar-refractivity contribution in [3.63, 3.8) is 0 Å². The first-order valence-electron chi connectivity index (χ1n) is 6.77. The van der Waals surface area contributed by atoms with Crippen molar-refractivity contribution in [2.45, 2.75) is 39.2 Å². The molecule has 1 unspecified atom stereocenters. The predicted molar refractivity (Wildman–Crippen MR) is 90.1 cm³/mol. The quantitative estimate of drug-likeness (QED) is 0.837. The molecule has 2 N–H and O–H groups in total. The number of nitrogens with zero attached hydrogens (tertiary/aromatic N) is 1. The zero-order chi connectivity index (χ0) is 14.5. The highest BCUT2D eigenvalue weighted by Gasteiger charge is 2.33. The molecular weight excluding hydrogens is 340 g/mol. The lowest BCUT2D eigenvalue weighted by molar-refractivity contribution is -0.136. The molecule has 0 aliphatic carbocycles. The van der Waals surface area contributed by atoms with Crippen LogP contribution in [0.4, 0.5) is 0 Å². The summed E-state index contributed by atoms with van der Waals surface area (Å²) in [7, 11) is 0. The summed E-state index contributed by atoms with van der Waals surface area (Å²) in [5, 5.41) is 0. The summed E-state index contributed by atoms with van der Waals surface area (Å²) >= 11 is 3.39. The monoisotopic (exact) mass is 362 g/mol. The largest absolute Gasteiger partial charge is 0.341 e. The molecule has 0 fully saturated rings. The minimum atomic E-state index is -0.967. The van der Waals surface area contributed by atoms with E-state index in [9.17, 15) is 4.79 Å². The van der Waals surface area contributed by atoms with Crippen molar-refractivity contribution in [3.8, 4) is 0 Å². The van der Waals surface area contributed by atoms with Gasteiger partial charge in [0.05, 0.1) is 0 Å². The molecule has 0 heterocycles. The Morgan fingerprint density at radius 3 is 2.05 bits per heavy atom. The average molecular weight is 364 g/mol. The zero-order valence-corrected chi connectivity index (χ0v) is 14.8. The normalized spacial score (nSPS) is 13.2. The fourth-order valence-corrected chi connectivity index (χ4v) is 2.37. The van der Waals surface area contributed by atoms with E-state index in [1.165, 1.54) is 0 Å². The second-order valence-corrected chi connectivity index (χ2v) is 5.92. The van der Waals surface area contributed by atoms with Crippen LogP contribution < -0.4 is 5.73 Å². The van der Waals surface area contributed by atoms with Gasteiger partial charge in [0.2, 0.25) is 5.91 Å². The van der Waals surface area contributed by atoms with Crippen LogP contribution in [0, 0.1) is 0 Å². The maximum atomic E-state index is 12.6. The number of benzene rings is 1. The van der Waals surface area contributed by atoms with E-state index in [0.29, 0.717) is 0 Å². The second-order valence-electron chi connectivity index (χ2n) is 5.00. The Kier molecular flexibility index (Phi) is 8.40. The van der Waals surface area contributed by atoms with Crippen LogP contribution in [0.5, 0.6) is 0 Å². The van der Waals surface area contributed by atoms with Crippen molar-refractivity contribution in [2.24, 2.45) is 5.73 Å². The molecule has 1 amide bonds. The minimum Gasteiger partial charge on any atom is -0.341 e. The van der Waals surface area contributed by atoms with Gasteiger partial charge in [-0.1, -0.05) is 41.9 Å². The topological polar surface area (TPSA) is 46.3 Å². The fraction of sp³-hybridized carbons (Fsp3) is 0.533. The molecule has 20 heavy (non-hydrogen) atoms. The van der Waals surface area contributed by atoms with Crippen molar-refractivity contribution < 1.29 is 4.79 Å². The smallest absolute Gasteiger partial charge is 0.246 e. The SMILES string of the molecule is CCCN(CCC)C(=O)C(C)(N)c1ccc(Br)cc1.Cl. The molecule has 1 aromatic carbocycles. The first-order chi connectivity index (χ1) is 8.93. The third-order valence-corrected chi connectivity index (χ3v) is 3.69. The molecule has 0 radical (unpaired) electrons. The minimum absolute atomic E-state index is 0. The molecule has 114 valence electrons. The van der Waals surface area contributed by atoms with Gasteiger partial charge < -0.3 is 10.6 Å². The van der Waals surface area contributed by atoms with Gasteiger partial charge in [0.1, 0.15) is 5.54 Å². The molecule has 3 nitrogen and oxygen atoms in total.